The van der Waals surface area contributed by atoms with Crippen molar-refractivity contribution in [3.05, 3.63) is 65.7 Å². The third-order valence-corrected chi connectivity index (χ3v) is 6.36. The molecule has 0 heterocycles. The number of sulfonamides is 1. The number of ether oxygens (including phenoxy) is 1. The topological polar surface area (TPSA) is 84.0 Å². The standard InChI is InChI=1S/C21H24F2N2O5S/c1-24(14-16-5-7-17(22)8-6-16)20(26)15-30-21(27)4-3-13-25(2)31(28,29)19-11-9-18(23)10-12-19/h5-12H,3-4,13-15H2,1-2H3. The van der Waals surface area contributed by atoms with Gasteiger partial charge in [0.25, 0.3) is 5.91 Å². The summed E-state index contributed by atoms with van der Waals surface area (Å²) in [4.78, 5) is 25.2. The van der Waals surface area contributed by atoms with E-state index in [2.05, 4.69) is 0 Å². The molecule has 31 heavy (non-hydrogen) atoms. The number of rotatable bonds is 10. The number of nitrogens with zero attached hydrogens (tertiary/aromatic N) is 2. The fourth-order valence-corrected chi connectivity index (χ4v) is 3.84. The molecule has 2 rings (SSSR count). The van der Waals surface area contributed by atoms with Crippen LogP contribution in [-0.2, 0) is 30.9 Å². The molecule has 0 bridgehead atoms. The second-order valence-corrected chi connectivity index (χ2v) is 8.97. The van der Waals surface area contributed by atoms with E-state index in [0.29, 0.717) is 0 Å². The fourth-order valence-electron chi connectivity index (χ4n) is 2.63. The van der Waals surface area contributed by atoms with Gasteiger partial charge in [0.1, 0.15) is 11.6 Å². The summed E-state index contributed by atoms with van der Waals surface area (Å²) in [6.07, 6.45) is 0.119. The van der Waals surface area contributed by atoms with Crippen LogP contribution >= 0.6 is 0 Å². The van der Waals surface area contributed by atoms with Crippen molar-refractivity contribution in [3.8, 4) is 0 Å². The zero-order chi connectivity index (χ0) is 23.0. The molecule has 7 nitrogen and oxygen atoms in total. The molecule has 0 aliphatic rings. The van der Waals surface area contributed by atoms with E-state index in [1.165, 1.54) is 43.3 Å². The summed E-state index contributed by atoms with van der Waals surface area (Å²) in [5.41, 5.74) is 0.731. The molecule has 0 spiro atoms. The van der Waals surface area contributed by atoms with Crippen LogP contribution in [0.25, 0.3) is 0 Å². The van der Waals surface area contributed by atoms with Crippen molar-refractivity contribution >= 4 is 21.9 Å². The largest absolute Gasteiger partial charge is 0.456 e. The summed E-state index contributed by atoms with van der Waals surface area (Å²) in [5, 5.41) is 0. The van der Waals surface area contributed by atoms with Crippen LogP contribution in [0.3, 0.4) is 0 Å². The van der Waals surface area contributed by atoms with E-state index in [4.69, 9.17) is 4.74 Å². The fraction of sp³-hybridized carbons (Fsp3) is 0.333. The molecule has 0 radical (unpaired) electrons. The second kappa shape index (κ2) is 11.0. The van der Waals surface area contributed by atoms with E-state index in [9.17, 15) is 26.8 Å². The van der Waals surface area contributed by atoms with E-state index < -0.39 is 34.3 Å². The van der Waals surface area contributed by atoms with Gasteiger partial charge in [0, 0.05) is 33.6 Å². The molecular weight excluding hydrogens is 430 g/mol. The van der Waals surface area contributed by atoms with Crippen molar-refractivity contribution in [2.45, 2.75) is 24.3 Å². The molecular formula is C21H24F2N2O5S. The number of benzene rings is 2. The zero-order valence-corrected chi connectivity index (χ0v) is 18.1. The van der Waals surface area contributed by atoms with Gasteiger partial charge >= 0.3 is 5.97 Å². The minimum absolute atomic E-state index is 0.0474. The number of carbonyl (C=O) groups is 2. The van der Waals surface area contributed by atoms with E-state index in [0.717, 1.165) is 22.0 Å². The van der Waals surface area contributed by atoms with Crippen LogP contribution < -0.4 is 0 Å². The first-order valence-corrected chi connectivity index (χ1v) is 10.9. The van der Waals surface area contributed by atoms with E-state index in [-0.39, 0.29) is 36.6 Å². The number of hydrogen-bond donors (Lipinski definition) is 0. The Kier molecular flexibility index (Phi) is 8.64. The molecule has 0 atom stereocenters. The Morgan fingerprint density at radius 1 is 0.935 bits per heavy atom. The number of likely N-dealkylation sites (N-methyl/N-ethyl adjacent to an activating group) is 1. The Morgan fingerprint density at radius 2 is 1.48 bits per heavy atom. The van der Waals surface area contributed by atoms with Crippen LogP contribution in [0.5, 0.6) is 0 Å². The lowest BCUT2D eigenvalue weighted by Gasteiger charge is -2.18. The maximum absolute atomic E-state index is 13.0. The minimum atomic E-state index is -3.79. The molecule has 0 saturated carbocycles. The highest BCUT2D eigenvalue weighted by Crippen LogP contribution is 2.15. The average molecular weight is 454 g/mol. The highest BCUT2D eigenvalue weighted by atomic mass is 32.2. The second-order valence-electron chi connectivity index (χ2n) is 6.92. The molecule has 0 N–H and O–H groups in total. The first kappa shape index (κ1) is 24.4. The maximum Gasteiger partial charge on any atom is 0.306 e. The smallest absolute Gasteiger partial charge is 0.306 e. The van der Waals surface area contributed by atoms with Crippen molar-refractivity contribution in [1.29, 1.82) is 0 Å². The van der Waals surface area contributed by atoms with Crippen molar-refractivity contribution in [1.82, 2.24) is 9.21 Å². The predicted molar refractivity (Wildman–Crippen MR) is 109 cm³/mol. The lowest BCUT2D eigenvalue weighted by Crippen LogP contribution is -2.31. The number of halogens is 2. The summed E-state index contributed by atoms with van der Waals surface area (Å²) < 4.78 is 56.7. The number of hydrogen-bond acceptors (Lipinski definition) is 5. The summed E-state index contributed by atoms with van der Waals surface area (Å²) in [7, 11) is -0.897. The molecule has 0 aliphatic carbocycles. The SMILES string of the molecule is CN(Cc1ccc(F)cc1)C(=O)COC(=O)CCCN(C)S(=O)(=O)c1ccc(F)cc1. The van der Waals surface area contributed by atoms with Gasteiger partial charge in [-0.3, -0.25) is 9.59 Å². The molecule has 0 saturated heterocycles. The summed E-state index contributed by atoms with van der Waals surface area (Å²) in [5.74, 6) is -1.96. The molecule has 168 valence electrons. The third-order valence-electron chi connectivity index (χ3n) is 4.49. The van der Waals surface area contributed by atoms with Crippen LogP contribution in [0.1, 0.15) is 18.4 Å². The lowest BCUT2D eigenvalue weighted by molar-refractivity contribution is -0.151. The number of amides is 1. The zero-order valence-electron chi connectivity index (χ0n) is 17.3. The Morgan fingerprint density at radius 3 is 2.06 bits per heavy atom. The minimum Gasteiger partial charge on any atom is -0.456 e. The van der Waals surface area contributed by atoms with Gasteiger partial charge in [-0.2, -0.15) is 0 Å². The van der Waals surface area contributed by atoms with Gasteiger partial charge in [0.05, 0.1) is 4.90 Å². The summed E-state index contributed by atoms with van der Waals surface area (Å²) >= 11 is 0. The van der Waals surface area contributed by atoms with Crippen LogP contribution in [0, 0.1) is 11.6 Å². The van der Waals surface area contributed by atoms with Gasteiger partial charge in [-0.15, -0.1) is 0 Å². The third kappa shape index (κ3) is 7.41. The average Bonchev–Trinajstić information content (AvgIpc) is 2.73. The van der Waals surface area contributed by atoms with E-state index in [1.54, 1.807) is 12.1 Å². The van der Waals surface area contributed by atoms with Crippen LogP contribution in [0.2, 0.25) is 0 Å². The molecule has 2 aromatic rings. The first-order chi connectivity index (χ1) is 14.6. The van der Waals surface area contributed by atoms with Crippen LogP contribution in [0.15, 0.2) is 53.4 Å². The predicted octanol–water partition coefficient (Wildman–Crippen LogP) is 2.57. The molecule has 1 amide bonds. The molecule has 0 aliphatic heterocycles. The molecule has 0 fully saturated rings. The van der Waals surface area contributed by atoms with Gasteiger partial charge < -0.3 is 9.64 Å². The maximum atomic E-state index is 13.0. The van der Waals surface area contributed by atoms with Crippen molar-refractivity contribution < 1.29 is 31.5 Å². The highest BCUT2D eigenvalue weighted by molar-refractivity contribution is 7.89. The first-order valence-electron chi connectivity index (χ1n) is 9.45. The Balaban J connectivity index is 1.73. The Labute approximate surface area is 180 Å². The molecule has 0 unspecified atom stereocenters. The Bertz CT molecular complexity index is 995. The monoisotopic (exact) mass is 454 g/mol. The van der Waals surface area contributed by atoms with Crippen molar-refractivity contribution in [3.63, 3.8) is 0 Å². The van der Waals surface area contributed by atoms with Crippen LogP contribution in [0.4, 0.5) is 8.78 Å². The van der Waals surface area contributed by atoms with Gasteiger partial charge in [0.2, 0.25) is 10.0 Å². The molecule has 10 heteroatoms. The molecule has 0 aromatic heterocycles. The van der Waals surface area contributed by atoms with Gasteiger partial charge in [-0.05, 0) is 48.4 Å². The Hall–Kier alpha value is -2.85. The molecule has 2 aromatic carbocycles. The van der Waals surface area contributed by atoms with Crippen LogP contribution in [-0.4, -0.2) is 56.7 Å². The van der Waals surface area contributed by atoms with Gasteiger partial charge in [-0.25, -0.2) is 21.5 Å². The quantitative estimate of drug-likeness (QED) is 0.516. The van der Waals surface area contributed by atoms with E-state index in [1.807, 2.05) is 0 Å². The van der Waals surface area contributed by atoms with E-state index >= 15 is 0 Å². The van der Waals surface area contributed by atoms with Gasteiger partial charge in [-0.1, -0.05) is 12.1 Å². The van der Waals surface area contributed by atoms with Crippen molar-refractivity contribution in [2.75, 3.05) is 27.2 Å². The highest BCUT2D eigenvalue weighted by Gasteiger charge is 2.21. The normalized spacial score (nSPS) is 11.4. The summed E-state index contributed by atoms with van der Waals surface area (Å²) in [6, 6.07) is 10.2. The van der Waals surface area contributed by atoms with Crippen molar-refractivity contribution in [2.24, 2.45) is 0 Å². The van der Waals surface area contributed by atoms with Gasteiger partial charge in [0.15, 0.2) is 6.61 Å². The lowest BCUT2D eigenvalue weighted by atomic mass is 10.2. The summed E-state index contributed by atoms with van der Waals surface area (Å²) in [6.45, 7) is -0.157. The number of carbonyl (C=O) groups excluding carboxylic acids is 2. The number of esters is 1.